The Bertz CT molecular complexity index is 443. The molecule has 1 unspecified atom stereocenters. The molecule has 1 rings (SSSR count). The number of hydrogen-bond acceptors (Lipinski definition) is 3. The van der Waals surface area contributed by atoms with Crippen LogP contribution in [-0.2, 0) is 4.79 Å². The summed E-state index contributed by atoms with van der Waals surface area (Å²) in [6.07, 6.45) is 3.26. The summed E-state index contributed by atoms with van der Waals surface area (Å²) in [5, 5.41) is 5.98. The van der Waals surface area contributed by atoms with Crippen LogP contribution in [0.3, 0.4) is 0 Å². The Labute approximate surface area is 119 Å². The largest absolute Gasteiger partial charge is 0.374 e. The molecule has 2 amide bonds. The monoisotopic (exact) mass is 277 g/mol. The van der Waals surface area contributed by atoms with Crippen LogP contribution < -0.4 is 16.4 Å². The molecule has 0 aliphatic rings. The molecule has 0 heterocycles. The van der Waals surface area contributed by atoms with Gasteiger partial charge >= 0.3 is 0 Å². The van der Waals surface area contributed by atoms with E-state index >= 15 is 0 Å². The minimum atomic E-state index is -0.460. The minimum absolute atomic E-state index is 0.0277. The molecule has 1 aromatic carbocycles. The fraction of sp³-hybridized carbons (Fsp3) is 0.467. The normalized spacial score (nSPS) is 11.7. The molecule has 0 radical (unpaired) electrons. The van der Waals surface area contributed by atoms with E-state index in [0.29, 0.717) is 12.1 Å². The maximum absolute atomic E-state index is 11.8. The van der Waals surface area contributed by atoms with Crippen LogP contribution in [0.15, 0.2) is 24.3 Å². The summed E-state index contributed by atoms with van der Waals surface area (Å²) in [6.45, 7) is 4.64. The molecule has 0 bridgehead atoms. The molecule has 4 N–H and O–H groups in total. The summed E-state index contributed by atoms with van der Waals surface area (Å²) < 4.78 is 0. The number of benzene rings is 1. The highest BCUT2D eigenvalue weighted by molar-refractivity contribution is 5.93. The molecule has 1 aromatic rings. The quantitative estimate of drug-likeness (QED) is 0.634. The molecule has 0 aromatic heterocycles. The number of nitrogens with two attached hydrogens (primary N) is 1. The molecule has 20 heavy (non-hydrogen) atoms. The van der Waals surface area contributed by atoms with E-state index in [2.05, 4.69) is 17.6 Å². The van der Waals surface area contributed by atoms with Gasteiger partial charge in [0.15, 0.2) is 0 Å². The summed E-state index contributed by atoms with van der Waals surface area (Å²) in [7, 11) is 0. The Kier molecular flexibility index (Phi) is 6.56. The van der Waals surface area contributed by atoms with Gasteiger partial charge in [-0.25, -0.2) is 0 Å². The molecular weight excluding hydrogens is 254 g/mol. The fourth-order valence-corrected chi connectivity index (χ4v) is 1.79. The smallest absolute Gasteiger partial charge is 0.248 e. The number of amides is 2. The SMILES string of the molecule is CCCCCNC(=O)C(C)Nc1ccc(C(N)=O)cc1. The average molecular weight is 277 g/mol. The second-order valence-corrected chi connectivity index (χ2v) is 4.81. The lowest BCUT2D eigenvalue weighted by Crippen LogP contribution is -2.38. The van der Waals surface area contributed by atoms with Crippen molar-refractivity contribution >= 4 is 17.5 Å². The van der Waals surface area contributed by atoms with Crippen molar-refractivity contribution in [2.75, 3.05) is 11.9 Å². The number of primary amides is 1. The van der Waals surface area contributed by atoms with E-state index in [-0.39, 0.29) is 11.9 Å². The number of unbranched alkanes of at least 4 members (excludes halogenated alkanes) is 2. The average Bonchev–Trinajstić information content (AvgIpc) is 2.44. The third-order valence-corrected chi connectivity index (χ3v) is 3.03. The predicted molar refractivity (Wildman–Crippen MR) is 80.6 cm³/mol. The molecule has 5 nitrogen and oxygen atoms in total. The van der Waals surface area contributed by atoms with Gasteiger partial charge in [0.05, 0.1) is 0 Å². The van der Waals surface area contributed by atoms with E-state index in [1.165, 1.54) is 0 Å². The van der Waals surface area contributed by atoms with Gasteiger partial charge in [-0.3, -0.25) is 9.59 Å². The second kappa shape index (κ2) is 8.19. The molecule has 5 heteroatoms. The zero-order chi connectivity index (χ0) is 15.0. The van der Waals surface area contributed by atoms with Crippen molar-refractivity contribution in [3.8, 4) is 0 Å². The third kappa shape index (κ3) is 5.30. The third-order valence-electron chi connectivity index (χ3n) is 3.03. The molecule has 110 valence electrons. The van der Waals surface area contributed by atoms with Crippen LogP contribution in [-0.4, -0.2) is 24.4 Å². The van der Waals surface area contributed by atoms with Crippen LogP contribution in [0.1, 0.15) is 43.5 Å². The number of hydrogen-bond donors (Lipinski definition) is 3. The van der Waals surface area contributed by atoms with Crippen molar-refractivity contribution in [1.29, 1.82) is 0 Å². The van der Waals surface area contributed by atoms with E-state index < -0.39 is 5.91 Å². The molecular formula is C15H23N3O2. The summed E-state index contributed by atoms with van der Waals surface area (Å²) >= 11 is 0. The molecule has 1 atom stereocenters. The van der Waals surface area contributed by atoms with Crippen LogP contribution in [0.25, 0.3) is 0 Å². The lowest BCUT2D eigenvalue weighted by molar-refractivity contribution is -0.121. The van der Waals surface area contributed by atoms with Crippen molar-refractivity contribution in [3.05, 3.63) is 29.8 Å². The highest BCUT2D eigenvalue weighted by Gasteiger charge is 2.11. The molecule has 0 fully saturated rings. The van der Waals surface area contributed by atoms with Gasteiger partial charge in [-0.05, 0) is 37.6 Å². The minimum Gasteiger partial charge on any atom is -0.374 e. The van der Waals surface area contributed by atoms with Gasteiger partial charge in [-0.1, -0.05) is 19.8 Å². The Hall–Kier alpha value is -2.04. The Morgan fingerprint density at radius 2 is 1.85 bits per heavy atom. The molecule has 0 saturated carbocycles. The van der Waals surface area contributed by atoms with Crippen LogP contribution in [0.4, 0.5) is 5.69 Å². The Morgan fingerprint density at radius 1 is 1.20 bits per heavy atom. The second-order valence-electron chi connectivity index (χ2n) is 4.81. The van der Waals surface area contributed by atoms with Gasteiger partial charge in [0, 0.05) is 17.8 Å². The van der Waals surface area contributed by atoms with Gasteiger partial charge in [0.25, 0.3) is 0 Å². The molecule has 0 saturated heterocycles. The van der Waals surface area contributed by atoms with Crippen molar-refractivity contribution in [2.24, 2.45) is 5.73 Å². The first-order chi connectivity index (χ1) is 9.54. The zero-order valence-corrected chi connectivity index (χ0v) is 12.1. The lowest BCUT2D eigenvalue weighted by Gasteiger charge is -2.15. The fourth-order valence-electron chi connectivity index (χ4n) is 1.79. The first-order valence-corrected chi connectivity index (χ1v) is 6.98. The Morgan fingerprint density at radius 3 is 2.40 bits per heavy atom. The van der Waals surface area contributed by atoms with Crippen molar-refractivity contribution in [1.82, 2.24) is 5.32 Å². The van der Waals surface area contributed by atoms with Crippen LogP contribution in [0.2, 0.25) is 0 Å². The number of carbonyl (C=O) groups is 2. The van der Waals surface area contributed by atoms with Crippen LogP contribution in [0, 0.1) is 0 Å². The standard InChI is InChI=1S/C15H23N3O2/c1-3-4-5-10-17-15(20)11(2)18-13-8-6-12(7-9-13)14(16)19/h6-9,11,18H,3-5,10H2,1-2H3,(H2,16,19)(H,17,20). The van der Waals surface area contributed by atoms with Gasteiger partial charge in [0.1, 0.15) is 6.04 Å². The van der Waals surface area contributed by atoms with Crippen molar-refractivity contribution in [3.63, 3.8) is 0 Å². The summed E-state index contributed by atoms with van der Waals surface area (Å²) in [4.78, 5) is 22.8. The van der Waals surface area contributed by atoms with E-state index in [1.54, 1.807) is 31.2 Å². The number of nitrogens with one attached hydrogen (secondary N) is 2. The van der Waals surface area contributed by atoms with E-state index in [1.807, 2.05) is 0 Å². The number of rotatable bonds is 8. The summed E-state index contributed by atoms with van der Waals surface area (Å²) in [6, 6.07) is 6.42. The molecule has 0 aliphatic carbocycles. The predicted octanol–water partition coefficient (Wildman–Crippen LogP) is 1.89. The first kappa shape index (κ1) is 16.0. The van der Waals surface area contributed by atoms with E-state index in [4.69, 9.17) is 5.73 Å². The topological polar surface area (TPSA) is 84.2 Å². The van der Waals surface area contributed by atoms with Gasteiger partial charge < -0.3 is 16.4 Å². The number of carbonyl (C=O) groups excluding carboxylic acids is 2. The van der Waals surface area contributed by atoms with E-state index in [0.717, 1.165) is 24.9 Å². The molecule has 0 aliphatic heterocycles. The zero-order valence-electron chi connectivity index (χ0n) is 12.1. The van der Waals surface area contributed by atoms with Gasteiger partial charge in [-0.15, -0.1) is 0 Å². The summed E-state index contributed by atoms with van der Waals surface area (Å²) in [5.41, 5.74) is 6.40. The maximum Gasteiger partial charge on any atom is 0.248 e. The highest BCUT2D eigenvalue weighted by atomic mass is 16.2. The maximum atomic E-state index is 11.8. The van der Waals surface area contributed by atoms with E-state index in [9.17, 15) is 9.59 Å². The van der Waals surface area contributed by atoms with Crippen LogP contribution >= 0.6 is 0 Å². The highest BCUT2D eigenvalue weighted by Crippen LogP contribution is 2.10. The van der Waals surface area contributed by atoms with Crippen molar-refractivity contribution < 1.29 is 9.59 Å². The molecule has 0 spiro atoms. The van der Waals surface area contributed by atoms with Crippen LogP contribution in [0.5, 0.6) is 0 Å². The summed E-state index contributed by atoms with van der Waals surface area (Å²) in [5.74, 6) is -0.488. The van der Waals surface area contributed by atoms with Crippen molar-refractivity contribution in [2.45, 2.75) is 39.2 Å². The first-order valence-electron chi connectivity index (χ1n) is 6.98. The van der Waals surface area contributed by atoms with Gasteiger partial charge in [-0.2, -0.15) is 0 Å². The van der Waals surface area contributed by atoms with Gasteiger partial charge in [0.2, 0.25) is 11.8 Å². The Balaban J connectivity index is 2.42. The lowest BCUT2D eigenvalue weighted by atomic mass is 10.2. The number of anilines is 1.